The second kappa shape index (κ2) is 3.97. The summed E-state index contributed by atoms with van der Waals surface area (Å²) >= 11 is 0. The third-order valence-electron chi connectivity index (χ3n) is 1.80. The molecule has 15 heavy (non-hydrogen) atoms. The molecule has 6 nitrogen and oxygen atoms in total. The Morgan fingerprint density at radius 2 is 1.93 bits per heavy atom. The van der Waals surface area contributed by atoms with Crippen LogP contribution in [-0.4, -0.2) is 23.9 Å². The van der Waals surface area contributed by atoms with E-state index in [2.05, 4.69) is 0 Å². The normalized spacial score (nSPS) is 13.5. The molecule has 0 saturated carbocycles. The molecule has 0 aromatic heterocycles. The molecule has 0 saturated heterocycles. The maximum absolute atomic E-state index is 10.7. The first-order valence-corrected chi connectivity index (χ1v) is 5.42. The van der Waals surface area contributed by atoms with Crippen molar-refractivity contribution in [3.8, 4) is 0 Å². The zero-order valence-electron chi connectivity index (χ0n) is 7.58. The van der Waals surface area contributed by atoms with E-state index in [-0.39, 0.29) is 17.0 Å². The van der Waals surface area contributed by atoms with Gasteiger partial charge in [0.15, 0.2) is 0 Å². The van der Waals surface area contributed by atoms with Gasteiger partial charge in [0.25, 0.3) is 10.1 Å². The molecule has 0 aliphatic heterocycles. The topological polar surface area (TPSA) is 124 Å². The summed E-state index contributed by atoms with van der Waals surface area (Å²) in [5, 5.41) is 16.5. The van der Waals surface area contributed by atoms with Gasteiger partial charge in [0, 0.05) is 11.1 Å². The van der Waals surface area contributed by atoms with Gasteiger partial charge in [-0.1, -0.05) is 24.3 Å². The van der Waals surface area contributed by atoms with E-state index in [0.717, 1.165) is 0 Å². The van der Waals surface area contributed by atoms with Crippen molar-refractivity contribution in [2.24, 2.45) is 5.73 Å². The zero-order valence-corrected chi connectivity index (χ0v) is 8.40. The molecule has 1 unspecified atom stereocenters. The van der Waals surface area contributed by atoms with Crippen LogP contribution in [0.1, 0.15) is 16.6 Å². The Hall–Kier alpha value is -1.44. The molecule has 0 bridgehead atoms. The zero-order chi connectivity index (χ0) is 11.6. The van der Waals surface area contributed by atoms with Gasteiger partial charge in [-0.05, 0) is 0 Å². The van der Waals surface area contributed by atoms with E-state index in [4.69, 9.17) is 15.7 Å². The number of nitrogens with one attached hydrogen (secondary N) is 1. The average Bonchev–Trinajstić information content (AvgIpc) is 2.15. The predicted molar refractivity (Wildman–Crippen MR) is 54.0 cm³/mol. The summed E-state index contributed by atoms with van der Waals surface area (Å²) in [6, 6.07) is 5.66. The standard InChI is InChI=1S/C8H10N2O4S/c9-7(10)5-3-1-2-4-6(5)8(11)15(12,13)14/h1-4,8,11H,(H3,9,10)(H,12,13,14). The van der Waals surface area contributed by atoms with Gasteiger partial charge in [0.05, 0.1) is 0 Å². The molecule has 0 aliphatic rings. The molecule has 1 atom stereocenters. The summed E-state index contributed by atoms with van der Waals surface area (Å²) in [4.78, 5) is 0. The van der Waals surface area contributed by atoms with Crippen molar-refractivity contribution in [1.29, 1.82) is 5.41 Å². The van der Waals surface area contributed by atoms with Crippen LogP contribution in [0.4, 0.5) is 0 Å². The second-order valence-electron chi connectivity index (χ2n) is 2.87. The van der Waals surface area contributed by atoms with E-state index < -0.39 is 15.6 Å². The smallest absolute Gasteiger partial charge is 0.296 e. The Bertz CT molecular complexity index is 483. The Balaban J connectivity index is 3.32. The lowest BCUT2D eigenvalue weighted by molar-refractivity contribution is 0.238. The lowest BCUT2D eigenvalue weighted by Crippen LogP contribution is -2.19. The summed E-state index contributed by atoms with van der Waals surface area (Å²) in [6.45, 7) is 0. The van der Waals surface area contributed by atoms with E-state index in [1.54, 1.807) is 0 Å². The lowest BCUT2D eigenvalue weighted by Gasteiger charge is -2.11. The van der Waals surface area contributed by atoms with Gasteiger partial charge in [-0.2, -0.15) is 8.42 Å². The summed E-state index contributed by atoms with van der Waals surface area (Å²) in [6.07, 6.45) is 0. The molecule has 0 heterocycles. The Morgan fingerprint density at radius 3 is 2.40 bits per heavy atom. The molecule has 0 spiro atoms. The Kier molecular flexibility index (Phi) is 3.08. The monoisotopic (exact) mass is 230 g/mol. The third-order valence-corrected chi connectivity index (χ3v) is 2.62. The minimum atomic E-state index is -4.61. The Labute approximate surface area is 86.6 Å². The first-order chi connectivity index (χ1) is 6.84. The fourth-order valence-corrected chi connectivity index (χ4v) is 1.64. The van der Waals surface area contributed by atoms with Crippen LogP contribution in [0.5, 0.6) is 0 Å². The first kappa shape index (κ1) is 11.6. The number of nitrogens with two attached hydrogens (primary N) is 1. The second-order valence-corrected chi connectivity index (χ2v) is 4.34. The van der Waals surface area contributed by atoms with Crippen LogP contribution in [-0.2, 0) is 10.1 Å². The highest BCUT2D eigenvalue weighted by atomic mass is 32.2. The molecule has 82 valence electrons. The highest BCUT2D eigenvalue weighted by Crippen LogP contribution is 2.21. The highest BCUT2D eigenvalue weighted by molar-refractivity contribution is 7.85. The van der Waals surface area contributed by atoms with Crippen LogP contribution in [0.2, 0.25) is 0 Å². The van der Waals surface area contributed by atoms with Gasteiger partial charge in [0.2, 0.25) is 5.44 Å². The van der Waals surface area contributed by atoms with Crippen molar-refractivity contribution in [2.75, 3.05) is 0 Å². The van der Waals surface area contributed by atoms with Crippen LogP contribution < -0.4 is 5.73 Å². The van der Waals surface area contributed by atoms with E-state index in [0.29, 0.717) is 0 Å². The summed E-state index contributed by atoms with van der Waals surface area (Å²) < 4.78 is 30.1. The number of aliphatic hydroxyl groups excluding tert-OH is 1. The fraction of sp³-hybridized carbons (Fsp3) is 0.125. The molecule has 1 aromatic rings. The third kappa shape index (κ3) is 2.52. The van der Waals surface area contributed by atoms with Crippen molar-refractivity contribution in [2.45, 2.75) is 5.44 Å². The van der Waals surface area contributed by atoms with Gasteiger partial charge in [-0.15, -0.1) is 0 Å². The molecule has 0 fully saturated rings. The van der Waals surface area contributed by atoms with E-state index in [1.807, 2.05) is 0 Å². The van der Waals surface area contributed by atoms with Gasteiger partial charge in [-0.25, -0.2) is 0 Å². The molecule has 0 amide bonds. The van der Waals surface area contributed by atoms with E-state index >= 15 is 0 Å². The van der Waals surface area contributed by atoms with Crippen molar-refractivity contribution >= 4 is 16.0 Å². The number of hydrogen-bond acceptors (Lipinski definition) is 4. The molecule has 7 heteroatoms. The minimum absolute atomic E-state index is 0.0719. The van der Waals surface area contributed by atoms with Crippen LogP contribution in [0.25, 0.3) is 0 Å². The molecular weight excluding hydrogens is 220 g/mol. The van der Waals surface area contributed by atoms with Crippen LogP contribution in [0.3, 0.4) is 0 Å². The number of amidine groups is 1. The van der Waals surface area contributed by atoms with Crippen LogP contribution >= 0.6 is 0 Å². The van der Waals surface area contributed by atoms with Gasteiger partial charge in [0.1, 0.15) is 5.84 Å². The number of benzene rings is 1. The van der Waals surface area contributed by atoms with Crippen LogP contribution in [0.15, 0.2) is 24.3 Å². The van der Waals surface area contributed by atoms with E-state index in [9.17, 15) is 13.5 Å². The first-order valence-electron chi connectivity index (χ1n) is 3.91. The Morgan fingerprint density at radius 1 is 1.40 bits per heavy atom. The van der Waals surface area contributed by atoms with Crippen LogP contribution in [0, 0.1) is 5.41 Å². The van der Waals surface area contributed by atoms with E-state index in [1.165, 1.54) is 24.3 Å². The van der Waals surface area contributed by atoms with Crippen molar-refractivity contribution < 1.29 is 18.1 Å². The van der Waals surface area contributed by atoms with Gasteiger partial charge in [-0.3, -0.25) is 9.96 Å². The number of rotatable bonds is 3. The maximum Gasteiger partial charge on any atom is 0.296 e. The number of hydrogen-bond donors (Lipinski definition) is 4. The minimum Gasteiger partial charge on any atom is -0.384 e. The average molecular weight is 230 g/mol. The lowest BCUT2D eigenvalue weighted by atomic mass is 10.1. The van der Waals surface area contributed by atoms with Crippen molar-refractivity contribution in [3.05, 3.63) is 35.4 Å². The van der Waals surface area contributed by atoms with Gasteiger partial charge >= 0.3 is 0 Å². The largest absolute Gasteiger partial charge is 0.384 e. The molecule has 0 aliphatic carbocycles. The van der Waals surface area contributed by atoms with Crippen molar-refractivity contribution in [1.82, 2.24) is 0 Å². The quantitative estimate of drug-likeness (QED) is 0.326. The maximum atomic E-state index is 10.7. The summed E-state index contributed by atoms with van der Waals surface area (Å²) in [5.41, 5.74) is 3.06. The predicted octanol–water partition coefficient (Wildman–Crippen LogP) is -0.151. The number of aliphatic hydroxyl groups is 1. The molecule has 1 aromatic carbocycles. The molecule has 1 rings (SSSR count). The summed E-state index contributed by atoms with van der Waals surface area (Å²) in [5.74, 6) is -0.381. The fourth-order valence-electron chi connectivity index (χ4n) is 1.12. The summed E-state index contributed by atoms with van der Waals surface area (Å²) in [7, 11) is -4.61. The SMILES string of the molecule is N=C(N)c1ccccc1C(O)S(=O)(=O)O. The molecular formula is C8H10N2O4S. The molecule has 5 N–H and O–H groups in total. The highest BCUT2D eigenvalue weighted by Gasteiger charge is 2.24. The van der Waals surface area contributed by atoms with Gasteiger partial charge < -0.3 is 10.8 Å². The van der Waals surface area contributed by atoms with Crippen molar-refractivity contribution in [3.63, 3.8) is 0 Å². The molecule has 0 radical (unpaired) electrons. The number of nitrogen functional groups attached to an aromatic ring is 1.